The van der Waals surface area contributed by atoms with E-state index in [9.17, 15) is 0 Å². The largest absolute Gasteiger partial charge is 0.355 e. The second-order valence-corrected chi connectivity index (χ2v) is 5.14. The minimum Gasteiger partial charge on any atom is -0.355 e. The molecule has 94 valence electrons. The lowest BCUT2D eigenvalue weighted by Crippen LogP contribution is -2.29. The second kappa shape index (κ2) is 5.69. The van der Waals surface area contributed by atoms with Crippen LogP contribution in [0, 0.1) is 0 Å². The van der Waals surface area contributed by atoms with E-state index in [1.165, 1.54) is 25.7 Å². The zero-order valence-electron chi connectivity index (χ0n) is 10.5. The molecule has 1 heterocycles. The fourth-order valence-corrected chi connectivity index (χ4v) is 2.82. The average Bonchev–Trinajstić information content (AvgIpc) is 2.82. The predicted molar refractivity (Wildman–Crippen MR) is 72.7 cm³/mol. The molecule has 4 heteroatoms. The van der Waals surface area contributed by atoms with Crippen LogP contribution in [0.2, 0.25) is 5.02 Å². The monoisotopic (exact) mass is 253 g/mol. The molecule has 0 bridgehead atoms. The molecule has 17 heavy (non-hydrogen) atoms. The lowest BCUT2D eigenvalue weighted by molar-refractivity contribution is 0.646. The van der Waals surface area contributed by atoms with Gasteiger partial charge in [-0.1, -0.05) is 24.4 Å². The maximum absolute atomic E-state index is 6.31. The molecule has 1 fully saturated rings. The molecule has 1 aliphatic rings. The van der Waals surface area contributed by atoms with E-state index in [-0.39, 0.29) is 0 Å². The van der Waals surface area contributed by atoms with Crippen LogP contribution >= 0.6 is 11.6 Å². The van der Waals surface area contributed by atoms with Crippen LogP contribution < -0.4 is 10.2 Å². The van der Waals surface area contributed by atoms with Crippen molar-refractivity contribution in [3.05, 3.63) is 22.8 Å². The molecule has 0 radical (unpaired) electrons. The molecule has 1 N–H and O–H groups in total. The highest BCUT2D eigenvalue weighted by Crippen LogP contribution is 2.30. The van der Waals surface area contributed by atoms with Crippen LogP contribution in [0.15, 0.2) is 12.3 Å². The van der Waals surface area contributed by atoms with E-state index in [0.717, 1.165) is 22.9 Å². The van der Waals surface area contributed by atoms with Crippen molar-refractivity contribution in [1.29, 1.82) is 0 Å². The molecule has 0 spiro atoms. The Hall–Kier alpha value is -0.800. The number of hydrogen-bond acceptors (Lipinski definition) is 3. The molecule has 0 aliphatic heterocycles. The number of anilines is 1. The molecule has 0 amide bonds. The van der Waals surface area contributed by atoms with Crippen molar-refractivity contribution in [1.82, 2.24) is 10.3 Å². The summed E-state index contributed by atoms with van der Waals surface area (Å²) in [5, 5.41) is 3.86. The topological polar surface area (TPSA) is 28.2 Å². The molecule has 1 aromatic heterocycles. The first-order valence-electron chi connectivity index (χ1n) is 6.24. The van der Waals surface area contributed by atoms with Gasteiger partial charge in [-0.3, -0.25) is 0 Å². The van der Waals surface area contributed by atoms with Crippen LogP contribution in [-0.2, 0) is 6.54 Å². The van der Waals surface area contributed by atoms with Gasteiger partial charge in [0.25, 0.3) is 0 Å². The van der Waals surface area contributed by atoms with Crippen LogP contribution in [0.25, 0.3) is 0 Å². The zero-order chi connectivity index (χ0) is 12.3. The lowest BCUT2D eigenvalue weighted by Gasteiger charge is -2.26. The first kappa shape index (κ1) is 12.7. The summed E-state index contributed by atoms with van der Waals surface area (Å²) in [6.45, 7) is 0.806. The quantitative estimate of drug-likeness (QED) is 0.895. The van der Waals surface area contributed by atoms with Gasteiger partial charge in [-0.15, -0.1) is 0 Å². The van der Waals surface area contributed by atoms with E-state index in [1.54, 1.807) is 0 Å². The fraction of sp³-hybridized carbons (Fsp3) is 0.615. The van der Waals surface area contributed by atoms with Crippen LogP contribution in [0.3, 0.4) is 0 Å². The second-order valence-electron chi connectivity index (χ2n) is 4.73. The SMILES string of the molecule is CNCc1cnc(N(C)C2CCCC2)c(Cl)c1. The van der Waals surface area contributed by atoms with Gasteiger partial charge in [-0.2, -0.15) is 0 Å². The summed E-state index contributed by atoms with van der Waals surface area (Å²) >= 11 is 6.31. The Morgan fingerprint density at radius 1 is 1.47 bits per heavy atom. The fourth-order valence-electron chi connectivity index (χ4n) is 2.50. The molecule has 0 saturated heterocycles. The summed E-state index contributed by atoms with van der Waals surface area (Å²) in [5.41, 5.74) is 1.13. The summed E-state index contributed by atoms with van der Waals surface area (Å²) in [6.07, 6.45) is 7.07. The van der Waals surface area contributed by atoms with E-state index < -0.39 is 0 Å². The van der Waals surface area contributed by atoms with Gasteiger partial charge in [0.2, 0.25) is 0 Å². The van der Waals surface area contributed by atoms with E-state index in [1.807, 2.05) is 19.3 Å². The average molecular weight is 254 g/mol. The highest BCUT2D eigenvalue weighted by Gasteiger charge is 2.22. The summed E-state index contributed by atoms with van der Waals surface area (Å²) in [4.78, 5) is 6.73. The molecular formula is C13H20ClN3. The third-order valence-electron chi connectivity index (χ3n) is 3.47. The van der Waals surface area contributed by atoms with Crippen LogP contribution in [-0.4, -0.2) is 25.1 Å². The van der Waals surface area contributed by atoms with E-state index in [4.69, 9.17) is 11.6 Å². The smallest absolute Gasteiger partial charge is 0.147 e. The molecule has 0 unspecified atom stereocenters. The van der Waals surface area contributed by atoms with Crippen LogP contribution in [0.1, 0.15) is 31.2 Å². The standard InChI is InChI=1S/C13H20ClN3/c1-15-8-10-7-12(14)13(16-9-10)17(2)11-5-3-4-6-11/h7,9,11,15H,3-6,8H2,1-2H3. The van der Waals surface area contributed by atoms with Gasteiger partial charge in [0, 0.05) is 25.8 Å². The number of nitrogens with one attached hydrogen (secondary N) is 1. The van der Waals surface area contributed by atoms with Crippen molar-refractivity contribution < 1.29 is 0 Å². The Labute approximate surface area is 108 Å². The lowest BCUT2D eigenvalue weighted by atomic mass is 10.2. The molecule has 1 aromatic rings. The number of aromatic nitrogens is 1. The van der Waals surface area contributed by atoms with Crippen molar-refractivity contribution in [3.63, 3.8) is 0 Å². The molecule has 1 aliphatic carbocycles. The molecular weight excluding hydrogens is 234 g/mol. The van der Waals surface area contributed by atoms with Crippen molar-refractivity contribution in [2.75, 3.05) is 19.0 Å². The van der Waals surface area contributed by atoms with Gasteiger partial charge >= 0.3 is 0 Å². The number of rotatable bonds is 4. The van der Waals surface area contributed by atoms with Crippen LogP contribution in [0.4, 0.5) is 5.82 Å². The Balaban J connectivity index is 2.14. The van der Waals surface area contributed by atoms with E-state index in [0.29, 0.717) is 6.04 Å². The van der Waals surface area contributed by atoms with Gasteiger partial charge in [-0.25, -0.2) is 4.98 Å². The van der Waals surface area contributed by atoms with Crippen molar-refractivity contribution >= 4 is 17.4 Å². The Morgan fingerprint density at radius 2 is 2.18 bits per heavy atom. The first-order chi connectivity index (χ1) is 8.22. The number of pyridine rings is 1. The molecule has 0 aromatic carbocycles. The van der Waals surface area contributed by atoms with Gasteiger partial charge < -0.3 is 10.2 Å². The predicted octanol–water partition coefficient (Wildman–Crippen LogP) is 2.83. The summed E-state index contributed by atoms with van der Waals surface area (Å²) in [7, 11) is 4.02. The summed E-state index contributed by atoms with van der Waals surface area (Å²) in [5.74, 6) is 0.915. The van der Waals surface area contributed by atoms with Crippen molar-refractivity contribution in [2.24, 2.45) is 0 Å². The number of hydrogen-bond donors (Lipinski definition) is 1. The maximum Gasteiger partial charge on any atom is 0.147 e. The zero-order valence-corrected chi connectivity index (χ0v) is 11.3. The van der Waals surface area contributed by atoms with Gasteiger partial charge in [0.1, 0.15) is 5.82 Å². The highest BCUT2D eigenvalue weighted by molar-refractivity contribution is 6.33. The maximum atomic E-state index is 6.31. The van der Waals surface area contributed by atoms with Crippen molar-refractivity contribution in [3.8, 4) is 0 Å². The molecule has 2 rings (SSSR count). The van der Waals surface area contributed by atoms with Gasteiger partial charge in [0.05, 0.1) is 5.02 Å². The first-order valence-corrected chi connectivity index (χ1v) is 6.62. The van der Waals surface area contributed by atoms with Crippen molar-refractivity contribution in [2.45, 2.75) is 38.3 Å². The Morgan fingerprint density at radius 3 is 2.76 bits per heavy atom. The third-order valence-corrected chi connectivity index (χ3v) is 3.74. The third kappa shape index (κ3) is 2.90. The van der Waals surface area contributed by atoms with E-state index >= 15 is 0 Å². The summed E-state index contributed by atoms with van der Waals surface area (Å²) in [6, 6.07) is 2.61. The minimum absolute atomic E-state index is 0.607. The molecule has 3 nitrogen and oxygen atoms in total. The summed E-state index contributed by atoms with van der Waals surface area (Å²) < 4.78 is 0. The van der Waals surface area contributed by atoms with Crippen LogP contribution in [0.5, 0.6) is 0 Å². The number of halogens is 1. The minimum atomic E-state index is 0.607. The highest BCUT2D eigenvalue weighted by atomic mass is 35.5. The molecule has 1 saturated carbocycles. The van der Waals surface area contributed by atoms with Gasteiger partial charge in [-0.05, 0) is 31.5 Å². The Bertz CT molecular complexity index is 375. The normalized spacial score (nSPS) is 16.4. The van der Waals surface area contributed by atoms with Gasteiger partial charge in [0.15, 0.2) is 0 Å². The Kier molecular flexibility index (Phi) is 4.24. The molecule has 0 atom stereocenters. The number of nitrogens with zero attached hydrogens (tertiary/aromatic N) is 2. The van der Waals surface area contributed by atoms with E-state index in [2.05, 4.69) is 22.2 Å².